The van der Waals surface area contributed by atoms with Crippen molar-refractivity contribution < 1.29 is 14.6 Å². The fourth-order valence-electron chi connectivity index (χ4n) is 2.55. The lowest BCUT2D eigenvalue weighted by atomic mass is 10.1. The van der Waals surface area contributed by atoms with Gasteiger partial charge in [0.1, 0.15) is 11.5 Å². The van der Waals surface area contributed by atoms with E-state index in [1.807, 2.05) is 36.4 Å². The molecule has 0 spiro atoms. The first kappa shape index (κ1) is 13.5. The molecule has 0 aromatic heterocycles. The molecule has 3 rings (SSSR count). The van der Waals surface area contributed by atoms with E-state index in [0.29, 0.717) is 11.4 Å². The standard InChI is InChI=1S/C17H17NO3/c1-21-16-5-3-2-4-15(16)18-17(20)14-10-13(14)11-6-8-12(19)9-7-11/h2-9,13-14,19H,10H2,1H3,(H,18,20). The summed E-state index contributed by atoms with van der Waals surface area (Å²) in [5.74, 6) is 1.14. The lowest BCUT2D eigenvalue weighted by Crippen LogP contribution is -2.15. The molecule has 0 heterocycles. The Balaban J connectivity index is 1.66. The molecule has 1 aliphatic carbocycles. The van der Waals surface area contributed by atoms with Crippen molar-refractivity contribution in [2.75, 3.05) is 12.4 Å². The fraction of sp³-hybridized carbons (Fsp3) is 0.235. The third kappa shape index (κ3) is 2.84. The molecule has 0 saturated heterocycles. The zero-order chi connectivity index (χ0) is 14.8. The molecule has 2 aromatic carbocycles. The summed E-state index contributed by atoms with van der Waals surface area (Å²) in [4.78, 5) is 12.3. The van der Waals surface area contributed by atoms with Gasteiger partial charge in [-0.2, -0.15) is 0 Å². The summed E-state index contributed by atoms with van der Waals surface area (Å²) < 4.78 is 5.23. The monoisotopic (exact) mass is 283 g/mol. The molecule has 0 aliphatic heterocycles. The summed E-state index contributed by atoms with van der Waals surface area (Å²) in [5.41, 5.74) is 1.79. The maximum absolute atomic E-state index is 12.3. The van der Waals surface area contributed by atoms with Crippen LogP contribution in [0.25, 0.3) is 0 Å². The van der Waals surface area contributed by atoms with Crippen LogP contribution in [0.1, 0.15) is 17.9 Å². The Morgan fingerprint density at radius 3 is 2.62 bits per heavy atom. The van der Waals surface area contributed by atoms with Gasteiger partial charge in [-0.25, -0.2) is 0 Å². The first-order valence-corrected chi connectivity index (χ1v) is 6.92. The van der Waals surface area contributed by atoms with E-state index in [2.05, 4.69) is 5.32 Å². The fourth-order valence-corrected chi connectivity index (χ4v) is 2.55. The Hall–Kier alpha value is -2.49. The third-order valence-corrected chi connectivity index (χ3v) is 3.81. The van der Waals surface area contributed by atoms with Crippen LogP contribution in [0.3, 0.4) is 0 Å². The van der Waals surface area contributed by atoms with Crippen LogP contribution < -0.4 is 10.1 Å². The van der Waals surface area contributed by atoms with Crippen molar-refractivity contribution in [1.82, 2.24) is 0 Å². The van der Waals surface area contributed by atoms with Gasteiger partial charge in [0, 0.05) is 5.92 Å². The largest absolute Gasteiger partial charge is 0.508 e. The van der Waals surface area contributed by atoms with E-state index in [4.69, 9.17) is 4.74 Å². The zero-order valence-corrected chi connectivity index (χ0v) is 11.7. The van der Waals surface area contributed by atoms with Crippen LogP contribution >= 0.6 is 0 Å². The molecular weight excluding hydrogens is 266 g/mol. The molecule has 1 saturated carbocycles. The number of aromatic hydroxyl groups is 1. The normalized spacial score (nSPS) is 19.9. The minimum absolute atomic E-state index is 0.0116. The molecule has 1 amide bonds. The number of anilines is 1. The number of benzene rings is 2. The number of phenolic OH excluding ortho intramolecular Hbond substituents is 1. The molecule has 2 atom stereocenters. The molecule has 21 heavy (non-hydrogen) atoms. The number of nitrogens with one attached hydrogen (secondary N) is 1. The van der Waals surface area contributed by atoms with Crippen molar-refractivity contribution in [2.45, 2.75) is 12.3 Å². The van der Waals surface area contributed by atoms with Crippen LogP contribution in [0.4, 0.5) is 5.69 Å². The van der Waals surface area contributed by atoms with E-state index in [0.717, 1.165) is 12.0 Å². The quantitative estimate of drug-likeness (QED) is 0.906. The van der Waals surface area contributed by atoms with Crippen molar-refractivity contribution in [1.29, 1.82) is 0 Å². The summed E-state index contributed by atoms with van der Waals surface area (Å²) in [6.45, 7) is 0. The lowest BCUT2D eigenvalue weighted by molar-refractivity contribution is -0.117. The number of para-hydroxylation sites is 2. The van der Waals surface area contributed by atoms with Gasteiger partial charge in [0.15, 0.2) is 0 Å². The maximum atomic E-state index is 12.3. The van der Waals surface area contributed by atoms with Crippen LogP contribution in [0.15, 0.2) is 48.5 Å². The zero-order valence-electron chi connectivity index (χ0n) is 11.7. The molecule has 2 unspecified atom stereocenters. The first-order chi connectivity index (χ1) is 10.2. The topological polar surface area (TPSA) is 58.6 Å². The van der Waals surface area contributed by atoms with Gasteiger partial charge in [-0.1, -0.05) is 24.3 Å². The number of phenols is 1. The summed E-state index contributed by atoms with van der Waals surface area (Å²) in [7, 11) is 1.58. The Morgan fingerprint density at radius 2 is 1.90 bits per heavy atom. The van der Waals surface area contributed by atoms with Gasteiger partial charge in [-0.05, 0) is 42.2 Å². The van der Waals surface area contributed by atoms with Crippen molar-refractivity contribution in [3.05, 3.63) is 54.1 Å². The van der Waals surface area contributed by atoms with Crippen molar-refractivity contribution >= 4 is 11.6 Å². The lowest BCUT2D eigenvalue weighted by Gasteiger charge is -2.09. The average Bonchev–Trinajstić information content (AvgIpc) is 3.29. The SMILES string of the molecule is COc1ccccc1NC(=O)C1CC1c1ccc(O)cc1. The van der Waals surface area contributed by atoms with E-state index in [-0.39, 0.29) is 23.5 Å². The second-order valence-electron chi connectivity index (χ2n) is 5.23. The number of amides is 1. The minimum atomic E-state index is -0.0144. The van der Waals surface area contributed by atoms with Gasteiger partial charge in [0.2, 0.25) is 5.91 Å². The first-order valence-electron chi connectivity index (χ1n) is 6.92. The van der Waals surface area contributed by atoms with Gasteiger partial charge in [-0.3, -0.25) is 4.79 Å². The molecule has 0 radical (unpaired) electrons. The summed E-state index contributed by atoms with van der Waals surface area (Å²) in [6, 6.07) is 14.4. The second kappa shape index (κ2) is 5.48. The molecule has 4 heteroatoms. The number of hydrogen-bond acceptors (Lipinski definition) is 3. The Labute approximate surface area is 123 Å². The molecule has 2 N–H and O–H groups in total. The molecule has 108 valence electrons. The second-order valence-corrected chi connectivity index (χ2v) is 5.23. The molecule has 1 fully saturated rings. The Bertz CT molecular complexity index is 651. The summed E-state index contributed by atoms with van der Waals surface area (Å²) >= 11 is 0. The van der Waals surface area contributed by atoms with Crippen LogP contribution in [0.5, 0.6) is 11.5 Å². The van der Waals surface area contributed by atoms with Crippen LogP contribution in [-0.2, 0) is 4.79 Å². The molecule has 0 bridgehead atoms. The van der Waals surface area contributed by atoms with Gasteiger partial charge >= 0.3 is 0 Å². The smallest absolute Gasteiger partial charge is 0.228 e. The van der Waals surface area contributed by atoms with Crippen molar-refractivity contribution in [3.8, 4) is 11.5 Å². The average molecular weight is 283 g/mol. The summed E-state index contributed by atoms with van der Waals surface area (Å²) in [5, 5.41) is 12.2. The summed E-state index contributed by atoms with van der Waals surface area (Å²) in [6.07, 6.45) is 0.839. The van der Waals surface area contributed by atoms with E-state index in [9.17, 15) is 9.90 Å². The van der Waals surface area contributed by atoms with Gasteiger partial charge < -0.3 is 15.2 Å². The molecular formula is C17H17NO3. The number of carbonyl (C=O) groups is 1. The van der Waals surface area contributed by atoms with E-state index in [1.54, 1.807) is 19.2 Å². The third-order valence-electron chi connectivity index (χ3n) is 3.81. The maximum Gasteiger partial charge on any atom is 0.228 e. The number of rotatable bonds is 4. The van der Waals surface area contributed by atoms with E-state index < -0.39 is 0 Å². The van der Waals surface area contributed by atoms with Gasteiger partial charge in [0.05, 0.1) is 12.8 Å². The number of hydrogen-bond donors (Lipinski definition) is 2. The minimum Gasteiger partial charge on any atom is -0.508 e. The highest BCUT2D eigenvalue weighted by molar-refractivity contribution is 5.96. The van der Waals surface area contributed by atoms with Crippen LogP contribution in [0.2, 0.25) is 0 Å². The van der Waals surface area contributed by atoms with Gasteiger partial charge in [-0.15, -0.1) is 0 Å². The van der Waals surface area contributed by atoms with Crippen molar-refractivity contribution in [3.63, 3.8) is 0 Å². The molecule has 4 nitrogen and oxygen atoms in total. The predicted molar refractivity (Wildman–Crippen MR) is 80.6 cm³/mol. The molecule has 1 aliphatic rings. The van der Waals surface area contributed by atoms with Gasteiger partial charge in [0.25, 0.3) is 0 Å². The number of ether oxygens (including phenoxy) is 1. The van der Waals surface area contributed by atoms with E-state index in [1.165, 1.54) is 0 Å². The highest BCUT2D eigenvalue weighted by Crippen LogP contribution is 2.48. The number of methoxy groups -OCH3 is 1. The predicted octanol–water partition coefficient (Wildman–Crippen LogP) is 3.14. The van der Waals surface area contributed by atoms with E-state index >= 15 is 0 Å². The van der Waals surface area contributed by atoms with Crippen molar-refractivity contribution in [2.24, 2.45) is 5.92 Å². The Morgan fingerprint density at radius 1 is 1.19 bits per heavy atom. The van der Waals surface area contributed by atoms with Crippen LogP contribution in [-0.4, -0.2) is 18.1 Å². The number of carbonyl (C=O) groups excluding carboxylic acids is 1. The highest BCUT2D eigenvalue weighted by Gasteiger charge is 2.44. The van der Waals surface area contributed by atoms with Crippen LogP contribution in [0, 0.1) is 5.92 Å². The highest BCUT2D eigenvalue weighted by atomic mass is 16.5. The Kier molecular flexibility index (Phi) is 3.52. The molecule has 2 aromatic rings.